The van der Waals surface area contributed by atoms with Gasteiger partial charge in [-0.05, 0) is 73.2 Å². The van der Waals surface area contributed by atoms with Gasteiger partial charge in [-0.25, -0.2) is 4.98 Å². The maximum atomic E-state index is 13.5. The van der Waals surface area contributed by atoms with E-state index in [-0.39, 0.29) is 23.9 Å². The highest BCUT2D eigenvalue weighted by molar-refractivity contribution is 5.90. The van der Waals surface area contributed by atoms with Crippen molar-refractivity contribution in [1.82, 2.24) is 15.3 Å². The molecule has 8 nitrogen and oxygen atoms in total. The van der Waals surface area contributed by atoms with Gasteiger partial charge < -0.3 is 25.0 Å². The summed E-state index contributed by atoms with van der Waals surface area (Å²) >= 11 is 0. The van der Waals surface area contributed by atoms with Gasteiger partial charge >= 0.3 is 0 Å². The molecule has 2 N–H and O–H groups in total. The van der Waals surface area contributed by atoms with Gasteiger partial charge in [0.05, 0.1) is 25.8 Å². The number of ether oxygens (including phenoxy) is 2. The number of hydrogen-bond acceptors (Lipinski definition) is 7. The van der Waals surface area contributed by atoms with E-state index in [0.717, 1.165) is 65.0 Å². The molecule has 1 heterocycles. The third-order valence-corrected chi connectivity index (χ3v) is 7.62. The molecule has 1 aliphatic rings. The molecule has 1 saturated carbocycles. The van der Waals surface area contributed by atoms with Crippen molar-refractivity contribution in [2.45, 2.75) is 37.8 Å². The summed E-state index contributed by atoms with van der Waals surface area (Å²) in [5.41, 5.74) is 2.92. The number of benzene rings is 3. The molecular formula is C32H37N5O3. The van der Waals surface area contributed by atoms with Crippen LogP contribution >= 0.6 is 0 Å². The minimum atomic E-state index is -0.268. The second kappa shape index (κ2) is 12.2. The standard InChI is InChI=1S/C32H37N5O3/c1-37(2)30-27-7-5-6-8-28(27)34-32(36-30)33-24-15-9-23(10-16-24)31(38)35-29(21-11-17-25(39-3)18-12-21)22-13-19-26(40-4)20-14-22/h5-8,11-14,17-20,23-24,29H,9-10,15-16H2,1-4H3,(H,35,38)(H,33,34,36). The van der Waals surface area contributed by atoms with Crippen molar-refractivity contribution in [3.8, 4) is 11.5 Å². The third kappa shape index (κ3) is 6.11. The third-order valence-electron chi connectivity index (χ3n) is 7.62. The number of carbonyl (C=O) groups excluding carboxylic acids is 1. The first kappa shape index (κ1) is 27.2. The number of para-hydroxylation sites is 1. The van der Waals surface area contributed by atoms with Crippen LogP contribution in [0.5, 0.6) is 11.5 Å². The van der Waals surface area contributed by atoms with E-state index >= 15 is 0 Å². The fraction of sp³-hybridized carbons (Fsp3) is 0.344. The molecule has 0 spiro atoms. The topological polar surface area (TPSA) is 88.6 Å². The number of fused-ring (bicyclic) bond motifs is 1. The van der Waals surface area contributed by atoms with Crippen LogP contribution < -0.4 is 25.0 Å². The molecule has 208 valence electrons. The van der Waals surface area contributed by atoms with Crippen molar-refractivity contribution >= 4 is 28.6 Å². The van der Waals surface area contributed by atoms with Crippen molar-refractivity contribution in [2.24, 2.45) is 5.92 Å². The average molecular weight is 540 g/mol. The highest BCUT2D eigenvalue weighted by Crippen LogP contribution is 2.31. The zero-order valence-corrected chi connectivity index (χ0v) is 23.6. The van der Waals surface area contributed by atoms with E-state index < -0.39 is 0 Å². The lowest BCUT2D eigenvalue weighted by molar-refractivity contribution is -0.126. The Kier molecular flexibility index (Phi) is 8.34. The molecule has 0 bridgehead atoms. The number of amides is 1. The lowest BCUT2D eigenvalue weighted by Crippen LogP contribution is -2.38. The van der Waals surface area contributed by atoms with Crippen LogP contribution in [-0.2, 0) is 4.79 Å². The van der Waals surface area contributed by atoms with Gasteiger partial charge in [-0.3, -0.25) is 4.79 Å². The zero-order valence-electron chi connectivity index (χ0n) is 23.6. The molecule has 0 atom stereocenters. The van der Waals surface area contributed by atoms with Gasteiger partial charge in [0.2, 0.25) is 11.9 Å². The van der Waals surface area contributed by atoms with Gasteiger partial charge in [-0.15, -0.1) is 0 Å². The van der Waals surface area contributed by atoms with E-state index in [2.05, 4.69) is 10.6 Å². The number of aromatic nitrogens is 2. The predicted molar refractivity (Wildman–Crippen MR) is 159 cm³/mol. The van der Waals surface area contributed by atoms with E-state index in [1.54, 1.807) is 14.2 Å². The summed E-state index contributed by atoms with van der Waals surface area (Å²) in [6.07, 6.45) is 3.35. The maximum absolute atomic E-state index is 13.5. The van der Waals surface area contributed by atoms with Crippen molar-refractivity contribution in [3.05, 3.63) is 83.9 Å². The van der Waals surface area contributed by atoms with Crippen LogP contribution in [0.25, 0.3) is 10.9 Å². The Morgan fingerprint density at radius 2 is 1.40 bits per heavy atom. The molecular weight excluding hydrogens is 502 g/mol. The summed E-state index contributed by atoms with van der Waals surface area (Å²) in [5.74, 6) is 3.11. The molecule has 1 amide bonds. The Morgan fingerprint density at radius 1 is 0.825 bits per heavy atom. The van der Waals surface area contributed by atoms with E-state index in [4.69, 9.17) is 19.4 Å². The monoisotopic (exact) mass is 539 g/mol. The highest BCUT2D eigenvalue weighted by atomic mass is 16.5. The largest absolute Gasteiger partial charge is 0.497 e. The average Bonchev–Trinajstić information content (AvgIpc) is 3.00. The molecule has 1 fully saturated rings. The van der Waals surface area contributed by atoms with Crippen molar-refractivity contribution in [2.75, 3.05) is 38.5 Å². The van der Waals surface area contributed by atoms with Crippen LogP contribution in [0.3, 0.4) is 0 Å². The van der Waals surface area contributed by atoms with Gasteiger partial charge in [0.15, 0.2) is 0 Å². The van der Waals surface area contributed by atoms with Crippen molar-refractivity contribution in [1.29, 1.82) is 0 Å². The number of methoxy groups -OCH3 is 2. The SMILES string of the molecule is COc1ccc(C(NC(=O)C2CCC(Nc3nc(N(C)C)c4ccccc4n3)CC2)c2ccc(OC)cc2)cc1. The lowest BCUT2D eigenvalue weighted by Gasteiger charge is -2.30. The van der Waals surface area contributed by atoms with E-state index in [1.807, 2.05) is 91.8 Å². The molecule has 40 heavy (non-hydrogen) atoms. The number of rotatable bonds is 9. The lowest BCUT2D eigenvalue weighted by atomic mass is 9.85. The summed E-state index contributed by atoms with van der Waals surface area (Å²) in [4.78, 5) is 25.1. The molecule has 0 radical (unpaired) electrons. The first-order valence-corrected chi connectivity index (χ1v) is 13.7. The quantitative estimate of drug-likeness (QED) is 0.287. The number of carbonyl (C=O) groups is 1. The van der Waals surface area contributed by atoms with Crippen LogP contribution in [0.2, 0.25) is 0 Å². The van der Waals surface area contributed by atoms with Crippen molar-refractivity contribution in [3.63, 3.8) is 0 Å². The number of nitrogens with one attached hydrogen (secondary N) is 2. The van der Waals surface area contributed by atoms with Crippen LogP contribution in [0.15, 0.2) is 72.8 Å². The molecule has 5 rings (SSSR count). The first-order chi connectivity index (χ1) is 19.4. The zero-order chi connectivity index (χ0) is 28.1. The molecule has 1 aliphatic carbocycles. The van der Waals surface area contributed by atoms with E-state index in [9.17, 15) is 4.79 Å². The van der Waals surface area contributed by atoms with E-state index in [0.29, 0.717) is 5.95 Å². The van der Waals surface area contributed by atoms with Crippen LogP contribution in [0.4, 0.5) is 11.8 Å². The minimum absolute atomic E-state index is 0.0492. The summed E-state index contributed by atoms with van der Waals surface area (Å²) in [5, 5.41) is 7.89. The van der Waals surface area contributed by atoms with Gasteiger partial charge in [0.1, 0.15) is 17.3 Å². The fourth-order valence-corrected chi connectivity index (χ4v) is 5.36. The molecule has 0 unspecified atom stereocenters. The summed E-state index contributed by atoms with van der Waals surface area (Å²) in [6, 6.07) is 23.7. The molecule has 0 aliphatic heterocycles. The number of nitrogens with zero attached hydrogens (tertiary/aromatic N) is 3. The number of hydrogen-bond donors (Lipinski definition) is 2. The highest BCUT2D eigenvalue weighted by Gasteiger charge is 2.29. The Labute approximate surface area is 235 Å². The second-order valence-corrected chi connectivity index (χ2v) is 10.5. The first-order valence-electron chi connectivity index (χ1n) is 13.7. The van der Waals surface area contributed by atoms with Crippen molar-refractivity contribution < 1.29 is 14.3 Å². The van der Waals surface area contributed by atoms with Crippen LogP contribution in [0, 0.1) is 5.92 Å². The summed E-state index contributed by atoms with van der Waals surface area (Å²) in [6.45, 7) is 0. The Bertz CT molecular complexity index is 1380. The summed E-state index contributed by atoms with van der Waals surface area (Å²) in [7, 11) is 7.29. The minimum Gasteiger partial charge on any atom is -0.497 e. The summed E-state index contributed by atoms with van der Waals surface area (Å²) < 4.78 is 10.7. The normalized spacial score (nSPS) is 16.9. The van der Waals surface area contributed by atoms with Crippen LogP contribution in [0.1, 0.15) is 42.9 Å². The van der Waals surface area contributed by atoms with Gasteiger partial charge in [0, 0.05) is 31.4 Å². The van der Waals surface area contributed by atoms with Gasteiger partial charge in [-0.2, -0.15) is 4.98 Å². The maximum Gasteiger partial charge on any atom is 0.225 e. The number of anilines is 2. The molecule has 1 aromatic heterocycles. The van der Waals surface area contributed by atoms with Crippen LogP contribution in [-0.4, -0.2) is 50.2 Å². The molecule has 3 aromatic carbocycles. The molecule has 4 aromatic rings. The molecule has 8 heteroatoms. The Morgan fingerprint density at radius 3 is 1.95 bits per heavy atom. The predicted octanol–water partition coefficient (Wildman–Crippen LogP) is 5.59. The Hall–Kier alpha value is -4.33. The Balaban J connectivity index is 1.26. The fourth-order valence-electron chi connectivity index (χ4n) is 5.36. The van der Waals surface area contributed by atoms with Gasteiger partial charge in [-0.1, -0.05) is 36.4 Å². The smallest absolute Gasteiger partial charge is 0.225 e. The van der Waals surface area contributed by atoms with E-state index in [1.165, 1.54) is 0 Å². The molecule has 0 saturated heterocycles. The van der Waals surface area contributed by atoms with Gasteiger partial charge in [0.25, 0.3) is 0 Å². The second-order valence-electron chi connectivity index (χ2n) is 10.5.